The highest BCUT2D eigenvalue weighted by Crippen LogP contribution is 2.16. The fraction of sp³-hybridized carbons (Fsp3) is 0.273. The molecular formula is C22H23NO5. The lowest BCUT2D eigenvalue weighted by Crippen LogP contribution is -2.30. The Bertz CT molecular complexity index is 886. The van der Waals surface area contributed by atoms with Crippen LogP contribution in [0.4, 0.5) is 5.69 Å². The van der Waals surface area contributed by atoms with E-state index in [1.54, 1.807) is 36.4 Å². The van der Waals surface area contributed by atoms with Crippen LogP contribution in [0.2, 0.25) is 0 Å². The summed E-state index contributed by atoms with van der Waals surface area (Å²) >= 11 is 0. The molecule has 1 N–H and O–H groups in total. The molecule has 0 aliphatic heterocycles. The van der Waals surface area contributed by atoms with Crippen molar-refractivity contribution in [2.45, 2.75) is 39.7 Å². The van der Waals surface area contributed by atoms with Crippen LogP contribution in [-0.2, 0) is 14.3 Å². The maximum absolute atomic E-state index is 12.2. The van der Waals surface area contributed by atoms with Crippen LogP contribution in [0.15, 0.2) is 48.5 Å². The third-order valence-electron chi connectivity index (χ3n) is 4.17. The fourth-order valence-electron chi connectivity index (χ4n) is 2.54. The Kier molecular flexibility index (Phi) is 7.21. The number of ether oxygens (including phenoxy) is 1. The van der Waals surface area contributed by atoms with Gasteiger partial charge in [0.2, 0.25) is 0 Å². The molecule has 2 aromatic carbocycles. The number of para-hydroxylation sites is 1. The van der Waals surface area contributed by atoms with Crippen LogP contribution in [0.3, 0.4) is 0 Å². The molecule has 0 heterocycles. The van der Waals surface area contributed by atoms with Gasteiger partial charge in [-0.25, -0.2) is 0 Å². The molecule has 6 nitrogen and oxygen atoms in total. The number of Topliss-reactive ketones (excluding diaryl/α,β-unsaturated/α-hetero) is 2. The molecule has 0 aromatic heterocycles. The smallest absolute Gasteiger partial charge is 0.307 e. The number of nitrogens with one attached hydrogen (secondary N) is 1. The molecule has 1 atom stereocenters. The Balaban J connectivity index is 1.86. The molecule has 146 valence electrons. The van der Waals surface area contributed by atoms with Crippen molar-refractivity contribution >= 4 is 29.1 Å². The van der Waals surface area contributed by atoms with Gasteiger partial charge in [-0.1, -0.05) is 42.0 Å². The zero-order chi connectivity index (χ0) is 20.7. The summed E-state index contributed by atoms with van der Waals surface area (Å²) in [5.74, 6) is -1.53. The van der Waals surface area contributed by atoms with Crippen molar-refractivity contribution in [1.82, 2.24) is 0 Å². The van der Waals surface area contributed by atoms with E-state index in [2.05, 4.69) is 5.32 Å². The first-order valence-electron chi connectivity index (χ1n) is 8.98. The maximum atomic E-state index is 12.2. The molecule has 0 saturated heterocycles. The van der Waals surface area contributed by atoms with E-state index in [0.29, 0.717) is 16.8 Å². The largest absolute Gasteiger partial charge is 0.453 e. The minimum absolute atomic E-state index is 0.00338. The van der Waals surface area contributed by atoms with E-state index >= 15 is 0 Å². The summed E-state index contributed by atoms with van der Waals surface area (Å²) in [5.41, 5.74) is 2.31. The van der Waals surface area contributed by atoms with Gasteiger partial charge >= 0.3 is 5.97 Å². The highest BCUT2D eigenvalue weighted by Gasteiger charge is 2.20. The van der Waals surface area contributed by atoms with Gasteiger partial charge in [-0.2, -0.15) is 0 Å². The Morgan fingerprint density at radius 1 is 0.964 bits per heavy atom. The Labute approximate surface area is 163 Å². The predicted octanol–water partition coefficient (Wildman–Crippen LogP) is 3.73. The van der Waals surface area contributed by atoms with E-state index in [0.717, 1.165) is 5.56 Å². The number of hydrogen-bond donors (Lipinski definition) is 1. The van der Waals surface area contributed by atoms with Crippen LogP contribution >= 0.6 is 0 Å². The third kappa shape index (κ3) is 5.87. The fourth-order valence-corrected chi connectivity index (χ4v) is 2.54. The molecule has 2 rings (SSSR count). The summed E-state index contributed by atoms with van der Waals surface area (Å²) in [4.78, 5) is 47.9. The van der Waals surface area contributed by atoms with Crippen LogP contribution in [0.25, 0.3) is 0 Å². The number of benzene rings is 2. The molecule has 0 aliphatic rings. The standard InChI is InChI=1S/C22H23NO5/c1-14-8-10-17(11-9-14)20(25)12-13-21(26)28-16(3)22(27)23-19-7-5-4-6-18(19)15(2)24/h4-11,16H,12-13H2,1-3H3,(H,23,27)/t16-/m0/s1. The number of ketones is 2. The number of carbonyl (C=O) groups is 4. The summed E-state index contributed by atoms with van der Waals surface area (Å²) in [6.45, 7) is 4.76. The van der Waals surface area contributed by atoms with Gasteiger partial charge < -0.3 is 10.1 Å². The molecule has 0 bridgehead atoms. The number of aryl methyl sites for hydroxylation is 1. The van der Waals surface area contributed by atoms with Gasteiger partial charge in [-0.15, -0.1) is 0 Å². The van der Waals surface area contributed by atoms with Crippen molar-refractivity contribution in [3.8, 4) is 0 Å². The molecular weight excluding hydrogens is 358 g/mol. The van der Waals surface area contributed by atoms with Gasteiger partial charge in [0, 0.05) is 17.5 Å². The third-order valence-corrected chi connectivity index (χ3v) is 4.17. The molecule has 0 spiro atoms. The number of anilines is 1. The van der Waals surface area contributed by atoms with Crippen LogP contribution in [-0.4, -0.2) is 29.5 Å². The molecule has 0 radical (unpaired) electrons. The normalized spacial score (nSPS) is 11.4. The molecule has 0 unspecified atom stereocenters. The average Bonchev–Trinajstić information content (AvgIpc) is 2.66. The number of esters is 1. The number of hydrogen-bond acceptors (Lipinski definition) is 5. The van der Waals surface area contributed by atoms with Gasteiger partial charge in [0.05, 0.1) is 12.1 Å². The van der Waals surface area contributed by atoms with Gasteiger partial charge in [0.25, 0.3) is 5.91 Å². The highest BCUT2D eigenvalue weighted by molar-refractivity contribution is 6.04. The summed E-state index contributed by atoms with van der Waals surface area (Å²) in [6, 6.07) is 13.7. The average molecular weight is 381 g/mol. The molecule has 0 fully saturated rings. The topological polar surface area (TPSA) is 89.5 Å². The minimum atomic E-state index is -1.05. The number of carbonyl (C=O) groups excluding carboxylic acids is 4. The molecule has 0 aliphatic carbocycles. The van der Waals surface area contributed by atoms with Crippen LogP contribution in [0.1, 0.15) is 53.0 Å². The van der Waals surface area contributed by atoms with Crippen molar-refractivity contribution < 1.29 is 23.9 Å². The van der Waals surface area contributed by atoms with Crippen molar-refractivity contribution in [1.29, 1.82) is 0 Å². The monoisotopic (exact) mass is 381 g/mol. The Morgan fingerprint density at radius 3 is 2.25 bits per heavy atom. The number of amides is 1. The van der Waals surface area contributed by atoms with Crippen LogP contribution < -0.4 is 5.32 Å². The Morgan fingerprint density at radius 2 is 1.61 bits per heavy atom. The van der Waals surface area contributed by atoms with Crippen molar-refractivity contribution in [2.75, 3.05) is 5.32 Å². The lowest BCUT2D eigenvalue weighted by Gasteiger charge is -2.15. The molecule has 6 heteroatoms. The quantitative estimate of drug-likeness (QED) is 0.556. The zero-order valence-corrected chi connectivity index (χ0v) is 16.2. The van der Waals surface area contributed by atoms with Crippen molar-refractivity contribution in [3.63, 3.8) is 0 Å². The second kappa shape index (κ2) is 9.60. The summed E-state index contributed by atoms with van der Waals surface area (Å²) in [5, 5.41) is 2.59. The minimum Gasteiger partial charge on any atom is -0.453 e. The van der Waals surface area contributed by atoms with E-state index in [1.807, 2.05) is 19.1 Å². The number of rotatable bonds is 8. The van der Waals surface area contributed by atoms with Gasteiger partial charge in [0.15, 0.2) is 17.7 Å². The highest BCUT2D eigenvalue weighted by atomic mass is 16.5. The van der Waals surface area contributed by atoms with E-state index in [9.17, 15) is 19.2 Å². The van der Waals surface area contributed by atoms with E-state index < -0.39 is 18.0 Å². The molecule has 1 amide bonds. The zero-order valence-electron chi connectivity index (χ0n) is 16.2. The van der Waals surface area contributed by atoms with Crippen molar-refractivity contribution in [3.05, 3.63) is 65.2 Å². The first-order chi connectivity index (χ1) is 13.3. The second-order valence-corrected chi connectivity index (χ2v) is 6.51. The van der Waals surface area contributed by atoms with E-state index in [-0.39, 0.29) is 24.4 Å². The molecule has 28 heavy (non-hydrogen) atoms. The molecule has 2 aromatic rings. The molecule has 0 saturated carbocycles. The SMILES string of the molecule is CC(=O)c1ccccc1NC(=O)[C@H](C)OC(=O)CCC(=O)c1ccc(C)cc1. The summed E-state index contributed by atoms with van der Waals surface area (Å²) < 4.78 is 5.10. The lowest BCUT2D eigenvalue weighted by molar-refractivity contribution is -0.153. The van der Waals surface area contributed by atoms with Gasteiger partial charge in [-0.05, 0) is 32.9 Å². The maximum Gasteiger partial charge on any atom is 0.307 e. The van der Waals surface area contributed by atoms with E-state index in [4.69, 9.17) is 4.74 Å². The van der Waals surface area contributed by atoms with Crippen molar-refractivity contribution in [2.24, 2.45) is 0 Å². The van der Waals surface area contributed by atoms with E-state index in [1.165, 1.54) is 13.8 Å². The van der Waals surface area contributed by atoms with Crippen LogP contribution in [0, 0.1) is 6.92 Å². The summed E-state index contributed by atoms with van der Waals surface area (Å²) in [7, 11) is 0. The lowest BCUT2D eigenvalue weighted by atomic mass is 10.1. The van der Waals surface area contributed by atoms with Crippen LogP contribution in [0.5, 0.6) is 0 Å². The first-order valence-corrected chi connectivity index (χ1v) is 8.98. The Hall–Kier alpha value is -3.28. The summed E-state index contributed by atoms with van der Waals surface area (Å²) in [6.07, 6.45) is -1.17. The van der Waals surface area contributed by atoms with Gasteiger partial charge in [-0.3, -0.25) is 19.2 Å². The van der Waals surface area contributed by atoms with Gasteiger partial charge in [0.1, 0.15) is 0 Å². The first kappa shape index (κ1) is 21.0. The second-order valence-electron chi connectivity index (χ2n) is 6.51. The predicted molar refractivity (Wildman–Crippen MR) is 105 cm³/mol.